The average Bonchev–Trinajstić information content (AvgIpc) is 2.89. The summed E-state index contributed by atoms with van der Waals surface area (Å²) in [7, 11) is 2.95. The van der Waals surface area contributed by atoms with E-state index in [1.165, 1.54) is 5.56 Å². The molecule has 0 amide bonds. The number of rotatable bonds is 6. The van der Waals surface area contributed by atoms with Gasteiger partial charge in [0.25, 0.3) is 0 Å². The molecular weight excluding hydrogens is 451 g/mol. The SMILES string of the molecule is CN=C(NCC(Cc1ccccc1)N(C)C)NC1CCS(=O)(=O)C1.I. The van der Waals surface area contributed by atoms with Crippen LogP contribution in [0.1, 0.15) is 12.0 Å². The highest BCUT2D eigenvalue weighted by Crippen LogP contribution is 2.11. The van der Waals surface area contributed by atoms with Crippen molar-refractivity contribution in [2.45, 2.75) is 24.9 Å². The van der Waals surface area contributed by atoms with Gasteiger partial charge in [-0.15, -0.1) is 24.0 Å². The zero-order valence-electron chi connectivity index (χ0n) is 15.1. The van der Waals surface area contributed by atoms with E-state index in [0.29, 0.717) is 18.4 Å². The highest BCUT2D eigenvalue weighted by molar-refractivity contribution is 14.0. The Morgan fingerprint density at radius 3 is 2.52 bits per heavy atom. The van der Waals surface area contributed by atoms with Gasteiger partial charge < -0.3 is 15.5 Å². The summed E-state index contributed by atoms with van der Waals surface area (Å²) >= 11 is 0. The zero-order valence-corrected chi connectivity index (χ0v) is 18.3. The Hall–Kier alpha value is -0.870. The van der Waals surface area contributed by atoms with E-state index in [4.69, 9.17) is 0 Å². The molecule has 1 saturated heterocycles. The lowest BCUT2D eigenvalue weighted by molar-refractivity contribution is 0.290. The van der Waals surface area contributed by atoms with Crippen LogP contribution >= 0.6 is 24.0 Å². The van der Waals surface area contributed by atoms with Crippen molar-refractivity contribution >= 4 is 39.8 Å². The quantitative estimate of drug-likeness (QED) is 0.363. The van der Waals surface area contributed by atoms with E-state index >= 15 is 0 Å². The minimum absolute atomic E-state index is 0. The van der Waals surface area contributed by atoms with Crippen LogP contribution in [0.25, 0.3) is 0 Å². The molecule has 0 radical (unpaired) electrons. The number of guanidine groups is 1. The van der Waals surface area contributed by atoms with Crippen molar-refractivity contribution < 1.29 is 8.42 Å². The molecule has 0 aliphatic carbocycles. The molecule has 1 heterocycles. The number of benzene rings is 1. The molecule has 0 aromatic heterocycles. The van der Waals surface area contributed by atoms with Crippen LogP contribution < -0.4 is 10.6 Å². The van der Waals surface area contributed by atoms with Gasteiger partial charge in [-0.3, -0.25) is 4.99 Å². The lowest BCUT2D eigenvalue weighted by atomic mass is 10.1. The number of aliphatic imine (C=N–C) groups is 1. The number of halogens is 1. The molecule has 1 aliphatic heterocycles. The van der Waals surface area contributed by atoms with E-state index in [2.05, 4.69) is 58.9 Å². The number of sulfone groups is 1. The van der Waals surface area contributed by atoms with Gasteiger partial charge in [0.1, 0.15) is 0 Å². The van der Waals surface area contributed by atoms with Gasteiger partial charge in [-0.25, -0.2) is 8.42 Å². The van der Waals surface area contributed by atoms with Gasteiger partial charge in [0.05, 0.1) is 11.5 Å². The van der Waals surface area contributed by atoms with Gasteiger partial charge in [-0.05, 0) is 32.5 Å². The normalized spacial score (nSPS) is 20.8. The number of hydrogen-bond donors (Lipinski definition) is 2. The Balaban J connectivity index is 0.00000312. The lowest BCUT2D eigenvalue weighted by Crippen LogP contribution is -2.48. The second-order valence-corrected chi connectivity index (χ2v) is 8.73. The van der Waals surface area contributed by atoms with Gasteiger partial charge in [0.15, 0.2) is 15.8 Å². The Morgan fingerprint density at radius 1 is 1.32 bits per heavy atom. The molecule has 2 N–H and O–H groups in total. The molecule has 1 aromatic carbocycles. The molecule has 0 bridgehead atoms. The third-order valence-electron chi connectivity index (χ3n) is 4.35. The smallest absolute Gasteiger partial charge is 0.191 e. The summed E-state index contributed by atoms with van der Waals surface area (Å²) in [6, 6.07) is 10.7. The highest BCUT2D eigenvalue weighted by atomic mass is 127. The van der Waals surface area contributed by atoms with E-state index in [1.54, 1.807) is 7.05 Å². The summed E-state index contributed by atoms with van der Waals surface area (Å²) in [4.78, 5) is 6.41. The third-order valence-corrected chi connectivity index (χ3v) is 6.11. The largest absolute Gasteiger partial charge is 0.355 e. The van der Waals surface area contributed by atoms with Crippen molar-refractivity contribution in [3.63, 3.8) is 0 Å². The van der Waals surface area contributed by atoms with E-state index in [1.807, 2.05) is 6.07 Å². The maximum absolute atomic E-state index is 11.6. The number of nitrogens with zero attached hydrogens (tertiary/aromatic N) is 2. The maximum atomic E-state index is 11.6. The van der Waals surface area contributed by atoms with Crippen molar-refractivity contribution in [2.75, 3.05) is 39.2 Å². The van der Waals surface area contributed by atoms with E-state index in [0.717, 1.165) is 13.0 Å². The fourth-order valence-electron chi connectivity index (χ4n) is 2.83. The van der Waals surface area contributed by atoms with Crippen LogP contribution in [-0.2, 0) is 16.3 Å². The van der Waals surface area contributed by atoms with E-state index in [-0.39, 0.29) is 41.5 Å². The average molecular weight is 480 g/mol. The summed E-state index contributed by atoms with van der Waals surface area (Å²) in [6.07, 6.45) is 1.58. The number of likely N-dealkylation sites (N-methyl/N-ethyl adjacent to an activating group) is 1. The standard InChI is InChI=1S/C17H28N4O2S.HI/c1-18-17(20-15-9-10-24(22,23)13-15)19-12-16(21(2)3)11-14-7-5-4-6-8-14;/h4-8,15-16H,9-13H2,1-3H3,(H2,18,19,20);1H. The second-order valence-electron chi connectivity index (χ2n) is 6.50. The van der Waals surface area contributed by atoms with Gasteiger partial charge in [-0.1, -0.05) is 30.3 Å². The van der Waals surface area contributed by atoms with Crippen molar-refractivity contribution in [3.05, 3.63) is 35.9 Å². The first-order valence-electron chi connectivity index (χ1n) is 8.27. The van der Waals surface area contributed by atoms with Crippen LogP contribution in [0, 0.1) is 0 Å². The molecule has 1 aliphatic rings. The van der Waals surface area contributed by atoms with Gasteiger partial charge in [-0.2, -0.15) is 0 Å². The van der Waals surface area contributed by atoms with Crippen molar-refractivity contribution in [1.29, 1.82) is 0 Å². The van der Waals surface area contributed by atoms with Crippen LogP contribution in [0.5, 0.6) is 0 Å². The van der Waals surface area contributed by atoms with Crippen LogP contribution in [0.2, 0.25) is 0 Å². The molecule has 1 aromatic rings. The molecule has 142 valence electrons. The van der Waals surface area contributed by atoms with Gasteiger partial charge >= 0.3 is 0 Å². The zero-order chi connectivity index (χ0) is 17.6. The van der Waals surface area contributed by atoms with Crippen molar-refractivity contribution in [2.24, 2.45) is 4.99 Å². The lowest BCUT2D eigenvalue weighted by Gasteiger charge is -2.26. The van der Waals surface area contributed by atoms with Gasteiger partial charge in [0.2, 0.25) is 0 Å². The summed E-state index contributed by atoms with van der Waals surface area (Å²) in [6.45, 7) is 0.737. The molecule has 6 nitrogen and oxygen atoms in total. The number of nitrogens with one attached hydrogen (secondary N) is 2. The molecular formula is C17H29IN4O2S. The molecule has 8 heteroatoms. The fraction of sp³-hybridized carbons (Fsp3) is 0.588. The van der Waals surface area contributed by atoms with Crippen LogP contribution in [0.15, 0.2) is 35.3 Å². The Bertz CT molecular complexity index is 650. The first-order valence-corrected chi connectivity index (χ1v) is 10.1. The van der Waals surface area contributed by atoms with Crippen molar-refractivity contribution in [1.82, 2.24) is 15.5 Å². The molecule has 25 heavy (non-hydrogen) atoms. The van der Waals surface area contributed by atoms with Crippen LogP contribution in [-0.4, -0.2) is 70.6 Å². The summed E-state index contributed by atoms with van der Waals surface area (Å²) < 4.78 is 23.1. The molecule has 2 atom stereocenters. The minimum Gasteiger partial charge on any atom is -0.355 e. The van der Waals surface area contributed by atoms with E-state index in [9.17, 15) is 8.42 Å². The highest BCUT2D eigenvalue weighted by Gasteiger charge is 2.28. The molecule has 1 fully saturated rings. The topological polar surface area (TPSA) is 73.8 Å². The predicted molar refractivity (Wildman–Crippen MR) is 115 cm³/mol. The molecule has 2 unspecified atom stereocenters. The first-order chi connectivity index (χ1) is 11.4. The maximum Gasteiger partial charge on any atom is 0.191 e. The summed E-state index contributed by atoms with van der Waals surface area (Å²) in [5.41, 5.74) is 1.29. The molecule has 2 rings (SSSR count). The molecule has 0 spiro atoms. The Morgan fingerprint density at radius 2 is 2.00 bits per heavy atom. The Labute approximate surface area is 168 Å². The first kappa shape index (κ1) is 22.2. The summed E-state index contributed by atoms with van der Waals surface area (Å²) in [5, 5.41) is 6.55. The predicted octanol–water partition coefficient (Wildman–Crippen LogP) is 1.13. The van der Waals surface area contributed by atoms with Gasteiger partial charge in [0, 0.05) is 25.7 Å². The van der Waals surface area contributed by atoms with Crippen LogP contribution in [0.4, 0.5) is 0 Å². The van der Waals surface area contributed by atoms with Crippen molar-refractivity contribution in [3.8, 4) is 0 Å². The number of hydrogen-bond acceptors (Lipinski definition) is 4. The Kier molecular flexibility index (Phi) is 9.15. The molecule has 0 saturated carbocycles. The second kappa shape index (κ2) is 10.3. The fourth-order valence-corrected chi connectivity index (χ4v) is 4.51. The third kappa shape index (κ3) is 7.49. The van der Waals surface area contributed by atoms with E-state index < -0.39 is 9.84 Å². The van der Waals surface area contributed by atoms with Crippen LogP contribution in [0.3, 0.4) is 0 Å². The minimum atomic E-state index is -2.89. The summed E-state index contributed by atoms with van der Waals surface area (Å²) in [5.74, 6) is 1.11. The monoisotopic (exact) mass is 480 g/mol.